The molecule has 1 saturated heterocycles. The zero-order valence-corrected chi connectivity index (χ0v) is 24.3. The normalized spacial score (nSPS) is 16.5. The first-order valence-corrected chi connectivity index (χ1v) is 13.9. The Kier molecular flexibility index (Phi) is 9.61. The minimum absolute atomic E-state index is 0.0584. The number of hydrogen-bond donors (Lipinski definition) is 2. The molecule has 0 saturated carbocycles. The third-order valence-corrected chi connectivity index (χ3v) is 7.16. The average molecular weight is 576 g/mol. The minimum atomic E-state index is -0.919. The molecule has 222 valence electrons. The molecule has 0 aliphatic carbocycles. The van der Waals surface area contributed by atoms with Gasteiger partial charge >= 0.3 is 6.09 Å². The number of ketones is 1. The Hall–Kier alpha value is -4.67. The molecule has 0 bridgehead atoms. The van der Waals surface area contributed by atoms with E-state index in [1.807, 2.05) is 75.3 Å². The Balaban J connectivity index is 1.36. The maximum atomic E-state index is 13.7. The molecule has 2 atom stereocenters. The van der Waals surface area contributed by atoms with Crippen LogP contribution >= 0.6 is 0 Å². The molecule has 11 heteroatoms. The van der Waals surface area contributed by atoms with Crippen molar-refractivity contribution in [2.24, 2.45) is 5.92 Å². The number of benzene rings is 2. The number of fused-ring (bicyclic) bond motifs is 1. The zero-order chi connectivity index (χ0) is 30.4. The molecule has 2 N–H and O–H groups in total. The second kappa shape index (κ2) is 13.3. The third kappa shape index (κ3) is 7.15. The van der Waals surface area contributed by atoms with Crippen molar-refractivity contribution in [2.45, 2.75) is 39.0 Å². The summed E-state index contributed by atoms with van der Waals surface area (Å²) in [6.07, 6.45) is 1.30. The summed E-state index contributed by atoms with van der Waals surface area (Å²) in [4.78, 5) is 69.4. The van der Waals surface area contributed by atoms with Gasteiger partial charge in [0, 0.05) is 37.6 Å². The van der Waals surface area contributed by atoms with Gasteiger partial charge in [-0.05, 0) is 48.2 Å². The van der Waals surface area contributed by atoms with Crippen LogP contribution in [0.2, 0.25) is 0 Å². The van der Waals surface area contributed by atoms with Crippen LogP contribution in [0, 0.1) is 5.92 Å². The molecule has 2 heterocycles. The van der Waals surface area contributed by atoms with Crippen molar-refractivity contribution in [3.05, 3.63) is 77.5 Å². The fourth-order valence-corrected chi connectivity index (χ4v) is 5.01. The number of likely N-dealkylation sites (tertiary alicyclic amines) is 1. The van der Waals surface area contributed by atoms with Gasteiger partial charge in [-0.1, -0.05) is 44.2 Å². The first-order chi connectivity index (χ1) is 20.0. The number of rotatable bonds is 10. The van der Waals surface area contributed by atoms with Gasteiger partial charge < -0.3 is 30.1 Å². The minimum Gasteiger partial charge on any atom is -0.445 e. The Morgan fingerprint density at radius 3 is 2.36 bits per heavy atom. The molecular formula is C31H37N5O6. The number of hydrogen-bond acceptors (Lipinski definition) is 7. The van der Waals surface area contributed by atoms with Gasteiger partial charge in [0.05, 0.1) is 6.54 Å². The molecular weight excluding hydrogens is 538 g/mol. The van der Waals surface area contributed by atoms with E-state index in [0.29, 0.717) is 17.7 Å². The second-order valence-electron chi connectivity index (χ2n) is 11.0. The van der Waals surface area contributed by atoms with E-state index in [1.54, 1.807) is 18.2 Å². The van der Waals surface area contributed by atoms with Gasteiger partial charge in [-0.25, -0.2) is 4.79 Å². The number of amides is 4. The summed E-state index contributed by atoms with van der Waals surface area (Å²) in [6.45, 7) is 3.51. The average Bonchev–Trinajstić information content (AvgIpc) is 3.55. The van der Waals surface area contributed by atoms with Gasteiger partial charge in [-0.3, -0.25) is 19.2 Å². The lowest BCUT2D eigenvalue weighted by molar-refractivity contribution is -0.137. The van der Waals surface area contributed by atoms with Crippen LogP contribution in [0.15, 0.2) is 66.4 Å². The van der Waals surface area contributed by atoms with Gasteiger partial charge in [0.1, 0.15) is 25.2 Å². The maximum absolute atomic E-state index is 13.7. The first kappa shape index (κ1) is 30.3. The number of alkyl carbamates (subject to hydrolysis) is 1. The molecule has 0 aromatic heterocycles. The van der Waals surface area contributed by atoms with E-state index in [9.17, 15) is 24.0 Å². The molecule has 2 aliphatic rings. The van der Waals surface area contributed by atoms with E-state index in [2.05, 4.69) is 10.6 Å². The number of nitrogens with one attached hydrogen (secondary N) is 2. The monoisotopic (exact) mass is 575 g/mol. The van der Waals surface area contributed by atoms with Gasteiger partial charge in [-0.2, -0.15) is 0 Å². The summed E-state index contributed by atoms with van der Waals surface area (Å²) < 4.78 is 5.14. The molecule has 2 aromatic rings. The highest BCUT2D eigenvalue weighted by Crippen LogP contribution is 2.30. The summed E-state index contributed by atoms with van der Waals surface area (Å²) in [5.41, 5.74) is 2.58. The molecule has 2 aliphatic heterocycles. The number of carbonyl (C=O) groups is 5. The SMILES string of the molecule is CC(C)C[C@H](NC(=O)c1ccc(N(C)C)cc1)C(=O)N1CC=C2C1C(=O)CN2C(=O)CNC(=O)OCc1ccccc1. The Morgan fingerprint density at radius 1 is 1.02 bits per heavy atom. The van der Waals surface area contributed by atoms with E-state index >= 15 is 0 Å². The number of nitrogens with zero attached hydrogens (tertiary/aromatic N) is 3. The van der Waals surface area contributed by atoms with E-state index < -0.39 is 24.1 Å². The van der Waals surface area contributed by atoms with E-state index in [0.717, 1.165) is 11.3 Å². The third-order valence-electron chi connectivity index (χ3n) is 7.16. The predicted octanol–water partition coefficient (Wildman–Crippen LogP) is 2.33. The number of ether oxygens (including phenoxy) is 1. The standard InChI is InChI=1S/C31H37N5O6/c1-20(2)16-24(33-29(39)22-10-12-23(13-11-22)34(3)4)30(40)35-15-14-25-28(35)26(37)18-36(25)27(38)17-32-31(41)42-19-21-8-6-5-7-9-21/h5-14,20,24,28H,15-19H2,1-4H3,(H,32,41)(H,33,39)/t24-,28?/m0/s1. The second-order valence-corrected chi connectivity index (χ2v) is 11.0. The van der Waals surface area contributed by atoms with Crippen LogP contribution in [0.3, 0.4) is 0 Å². The molecule has 0 radical (unpaired) electrons. The highest BCUT2D eigenvalue weighted by Gasteiger charge is 2.47. The molecule has 0 spiro atoms. The van der Waals surface area contributed by atoms with Gasteiger partial charge in [0.2, 0.25) is 11.8 Å². The van der Waals surface area contributed by atoms with Crippen LogP contribution in [-0.4, -0.2) is 85.2 Å². The van der Waals surface area contributed by atoms with Crippen LogP contribution in [0.4, 0.5) is 10.5 Å². The lowest BCUT2D eigenvalue weighted by Crippen LogP contribution is -2.52. The van der Waals surface area contributed by atoms with Gasteiger partial charge in [0.15, 0.2) is 5.78 Å². The first-order valence-electron chi connectivity index (χ1n) is 13.9. The summed E-state index contributed by atoms with van der Waals surface area (Å²) in [5, 5.41) is 5.28. The van der Waals surface area contributed by atoms with Gasteiger partial charge in [-0.15, -0.1) is 0 Å². The summed E-state index contributed by atoms with van der Waals surface area (Å²) in [7, 11) is 3.81. The summed E-state index contributed by atoms with van der Waals surface area (Å²) in [5.74, 6) is -1.47. The Labute approximate surface area is 245 Å². The number of carbonyl (C=O) groups excluding carboxylic acids is 5. The van der Waals surface area contributed by atoms with Crippen LogP contribution < -0.4 is 15.5 Å². The molecule has 2 aromatic carbocycles. The molecule has 4 rings (SSSR count). The molecule has 11 nitrogen and oxygen atoms in total. The fourth-order valence-electron chi connectivity index (χ4n) is 5.01. The van der Waals surface area contributed by atoms with E-state index in [-0.39, 0.29) is 49.8 Å². The van der Waals surface area contributed by atoms with Crippen molar-refractivity contribution in [3.63, 3.8) is 0 Å². The largest absolute Gasteiger partial charge is 0.445 e. The van der Waals surface area contributed by atoms with Crippen molar-refractivity contribution in [1.82, 2.24) is 20.4 Å². The van der Waals surface area contributed by atoms with Crippen LogP contribution in [0.1, 0.15) is 36.2 Å². The molecule has 4 amide bonds. The highest BCUT2D eigenvalue weighted by atomic mass is 16.5. The molecule has 42 heavy (non-hydrogen) atoms. The van der Waals surface area contributed by atoms with Gasteiger partial charge in [0.25, 0.3) is 5.91 Å². The Morgan fingerprint density at radius 2 is 1.71 bits per heavy atom. The molecule has 1 unspecified atom stereocenters. The van der Waals surface area contributed by atoms with Crippen LogP contribution in [0.25, 0.3) is 0 Å². The van der Waals surface area contributed by atoms with Crippen molar-refractivity contribution in [3.8, 4) is 0 Å². The maximum Gasteiger partial charge on any atom is 0.407 e. The summed E-state index contributed by atoms with van der Waals surface area (Å²) >= 11 is 0. The van der Waals surface area contributed by atoms with Crippen LogP contribution in [-0.2, 0) is 25.7 Å². The van der Waals surface area contributed by atoms with Crippen molar-refractivity contribution < 1.29 is 28.7 Å². The number of Topliss-reactive ketones (excluding diaryl/α,β-unsaturated/α-hetero) is 1. The van der Waals surface area contributed by atoms with Crippen molar-refractivity contribution >= 4 is 35.3 Å². The van der Waals surface area contributed by atoms with E-state index in [1.165, 1.54) is 9.80 Å². The smallest absolute Gasteiger partial charge is 0.407 e. The van der Waals surface area contributed by atoms with E-state index in [4.69, 9.17) is 4.74 Å². The fraction of sp³-hybridized carbons (Fsp3) is 0.387. The molecule has 1 fully saturated rings. The highest BCUT2D eigenvalue weighted by molar-refractivity contribution is 6.03. The Bertz CT molecular complexity index is 1360. The van der Waals surface area contributed by atoms with Crippen LogP contribution in [0.5, 0.6) is 0 Å². The predicted molar refractivity (Wildman–Crippen MR) is 156 cm³/mol. The summed E-state index contributed by atoms with van der Waals surface area (Å²) in [6, 6.07) is 14.4. The zero-order valence-electron chi connectivity index (χ0n) is 24.3. The number of anilines is 1. The quantitative estimate of drug-likeness (QED) is 0.445. The topological polar surface area (TPSA) is 128 Å². The van der Waals surface area contributed by atoms with Crippen molar-refractivity contribution in [2.75, 3.05) is 38.6 Å². The van der Waals surface area contributed by atoms with Crippen molar-refractivity contribution in [1.29, 1.82) is 0 Å². The lowest BCUT2D eigenvalue weighted by Gasteiger charge is -2.29. The lowest BCUT2D eigenvalue weighted by atomic mass is 10.0.